The quantitative estimate of drug-likeness (QED) is 0.355. The predicted molar refractivity (Wildman–Crippen MR) is 151 cm³/mol. The monoisotopic (exact) mass is 557 g/mol. The Kier molecular flexibility index (Phi) is 6.36. The van der Waals surface area contributed by atoms with Gasteiger partial charge in [0.05, 0.1) is 23.1 Å². The van der Waals surface area contributed by atoms with Gasteiger partial charge in [0.25, 0.3) is 0 Å². The second kappa shape index (κ2) is 10.1. The molecule has 3 fully saturated rings. The van der Waals surface area contributed by atoms with Crippen molar-refractivity contribution in [1.82, 2.24) is 19.9 Å². The SMILES string of the molecule is C#Cc1c(F)ccc2cc(O)cc(-c3ncc4c(N5CCCO[C@H]6C[C@H]65)nc(OC[C@@H]5CCCN5C)nc4c3F)c12. The normalized spacial score (nSPS) is 22.5. The van der Waals surface area contributed by atoms with Gasteiger partial charge in [0.1, 0.15) is 35.2 Å². The van der Waals surface area contributed by atoms with E-state index in [-0.39, 0.29) is 57.7 Å². The first kappa shape index (κ1) is 25.9. The standard InChI is InChI=1S/C31H29F2N5O3/c1-3-20-23(32)8-7-17-12-19(39)13-21(26(17)20)28-27(33)29-22(15-34-28)30(38-10-5-11-40-25-14-24(25)38)36-31(35-29)41-16-18-6-4-9-37(18)2/h1,7-8,12-13,15,18,24-25,39H,4-6,9-11,14,16H2,2H3/t18-,24+,25-/m0/s1. The Hall–Kier alpha value is -4.07. The number of likely N-dealkylation sites (N-methyl/N-ethyl adjacent to an activating group) is 1. The van der Waals surface area contributed by atoms with E-state index in [2.05, 4.69) is 32.7 Å². The smallest absolute Gasteiger partial charge is 0.319 e. The zero-order valence-electron chi connectivity index (χ0n) is 22.6. The molecule has 0 amide bonds. The summed E-state index contributed by atoms with van der Waals surface area (Å²) in [5.41, 5.74) is 0.0751. The number of aromatic nitrogens is 3. The zero-order chi connectivity index (χ0) is 28.2. The molecule has 210 valence electrons. The molecule has 7 rings (SSSR count). The van der Waals surface area contributed by atoms with E-state index in [4.69, 9.17) is 20.9 Å². The molecule has 1 N–H and O–H groups in total. The Bertz CT molecular complexity index is 1720. The molecule has 1 aliphatic carbocycles. The van der Waals surface area contributed by atoms with Crippen LogP contribution in [0.1, 0.15) is 31.2 Å². The Labute approximate surface area is 235 Å². The van der Waals surface area contributed by atoms with E-state index in [0.29, 0.717) is 36.3 Å². The maximum Gasteiger partial charge on any atom is 0.319 e. The number of pyridine rings is 1. The molecule has 4 aromatic rings. The van der Waals surface area contributed by atoms with Crippen LogP contribution in [0.3, 0.4) is 0 Å². The van der Waals surface area contributed by atoms with Crippen LogP contribution in [0.25, 0.3) is 32.9 Å². The summed E-state index contributed by atoms with van der Waals surface area (Å²) in [7, 11) is 2.06. The molecule has 8 nitrogen and oxygen atoms in total. The Morgan fingerprint density at radius 1 is 1.20 bits per heavy atom. The number of anilines is 1. The number of likely N-dealkylation sites (tertiary alicyclic amines) is 1. The molecule has 0 bridgehead atoms. The topological polar surface area (TPSA) is 83.8 Å². The molecule has 3 aliphatic rings. The molecule has 2 aliphatic heterocycles. The average Bonchev–Trinajstić information content (AvgIpc) is 3.65. The molecule has 0 spiro atoms. The lowest BCUT2D eigenvalue weighted by molar-refractivity contribution is 0.124. The summed E-state index contributed by atoms with van der Waals surface area (Å²) in [4.78, 5) is 18.2. The molecule has 4 heterocycles. The van der Waals surface area contributed by atoms with Crippen molar-refractivity contribution >= 4 is 27.5 Å². The maximum absolute atomic E-state index is 16.6. The predicted octanol–water partition coefficient (Wildman–Crippen LogP) is 4.65. The Morgan fingerprint density at radius 2 is 2.07 bits per heavy atom. The lowest BCUT2D eigenvalue weighted by Crippen LogP contribution is -2.31. The summed E-state index contributed by atoms with van der Waals surface area (Å²) in [5, 5.41) is 11.7. The van der Waals surface area contributed by atoms with E-state index in [1.807, 2.05) is 0 Å². The van der Waals surface area contributed by atoms with E-state index in [0.717, 1.165) is 32.2 Å². The maximum atomic E-state index is 16.6. The van der Waals surface area contributed by atoms with Crippen LogP contribution >= 0.6 is 0 Å². The van der Waals surface area contributed by atoms with E-state index in [9.17, 15) is 9.50 Å². The van der Waals surface area contributed by atoms with Crippen LogP contribution < -0.4 is 9.64 Å². The fourth-order valence-electron chi connectivity index (χ4n) is 6.17. The number of benzene rings is 2. The molecule has 10 heteroatoms. The second-order valence-corrected chi connectivity index (χ2v) is 11.0. The van der Waals surface area contributed by atoms with Crippen LogP contribution in [-0.4, -0.2) is 76.5 Å². The first-order valence-corrected chi connectivity index (χ1v) is 13.9. The molecule has 1 saturated carbocycles. The first-order chi connectivity index (χ1) is 19.9. The Balaban J connectivity index is 1.40. The highest BCUT2D eigenvalue weighted by atomic mass is 19.1. The number of aromatic hydroxyl groups is 1. The van der Waals surface area contributed by atoms with Gasteiger partial charge in [0, 0.05) is 36.3 Å². The van der Waals surface area contributed by atoms with Gasteiger partial charge in [-0.15, -0.1) is 6.42 Å². The minimum Gasteiger partial charge on any atom is -0.508 e. The van der Waals surface area contributed by atoms with Crippen LogP contribution in [0.5, 0.6) is 11.8 Å². The van der Waals surface area contributed by atoms with Gasteiger partial charge in [-0.3, -0.25) is 4.98 Å². The minimum atomic E-state index is -0.730. The van der Waals surface area contributed by atoms with Crippen LogP contribution in [0.2, 0.25) is 0 Å². The van der Waals surface area contributed by atoms with Crippen molar-refractivity contribution in [3.8, 4) is 35.4 Å². The number of nitrogens with zero attached hydrogens (tertiary/aromatic N) is 5. The summed E-state index contributed by atoms with van der Waals surface area (Å²) >= 11 is 0. The molecule has 0 unspecified atom stereocenters. The molecular weight excluding hydrogens is 528 g/mol. The number of phenolic OH excluding ortho intramolecular Hbond substituents is 1. The van der Waals surface area contributed by atoms with E-state index < -0.39 is 11.6 Å². The van der Waals surface area contributed by atoms with E-state index in [1.165, 1.54) is 30.5 Å². The van der Waals surface area contributed by atoms with Gasteiger partial charge >= 0.3 is 6.01 Å². The number of rotatable bonds is 5. The van der Waals surface area contributed by atoms with Crippen molar-refractivity contribution in [2.75, 3.05) is 38.3 Å². The first-order valence-electron chi connectivity index (χ1n) is 13.9. The van der Waals surface area contributed by atoms with Crippen molar-refractivity contribution in [1.29, 1.82) is 0 Å². The van der Waals surface area contributed by atoms with Crippen LogP contribution in [0.15, 0.2) is 30.5 Å². The van der Waals surface area contributed by atoms with Gasteiger partial charge in [0.2, 0.25) is 0 Å². The van der Waals surface area contributed by atoms with Crippen molar-refractivity contribution in [3.05, 3.63) is 47.7 Å². The second-order valence-electron chi connectivity index (χ2n) is 11.0. The molecule has 2 saturated heterocycles. The summed E-state index contributed by atoms with van der Waals surface area (Å²) in [5.74, 6) is 1.45. The highest BCUT2D eigenvalue weighted by Crippen LogP contribution is 2.42. The van der Waals surface area contributed by atoms with Gasteiger partial charge in [0.15, 0.2) is 5.82 Å². The lowest BCUT2D eigenvalue weighted by atomic mass is 9.96. The highest BCUT2D eigenvalue weighted by Gasteiger charge is 2.45. The zero-order valence-corrected chi connectivity index (χ0v) is 22.6. The van der Waals surface area contributed by atoms with Crippen LogP contribution in [0.4, 0.5) is 14.6 Å². The van der Waals surface area contributed by atoms with Crippen molar-refractivity contribution in [2.24, 2.45) is 0 Å². The van der Waals surface area contributed by atoms with Gasteiger partial charge in [-0.2, -0.15) is 9.97 Å². The third-order valence-corrected chi connectivity index (χ3v) is 8.42. The third kappa shape index (κ3) is 4.49. The van der Waals surface area contributed by atoms with E-state index in [1.54, 1.807) is 0 Å². The fraction of sp³-hybridized carbons (Fsp3) is 0.387. The fourth-order valence-corrected chi connectivity index (χ4v) is 6.17. The van der Waals surface area contributed by atoms with E-state index >= 15 is 4.39 Å². The molecule has 0 radical (unpaired) electrons. The van der Waals surface area contributed by atoms with Crippen LogP contribution in [-0.2, 0) is 4.74 Å². The van der Waals surface area contributed by atoms with Crippen molar-refractivity contribution < 1.29 is 23.4 Å². The number of fused-ring (bicyclic) bond motifs is 3. The lowest BCUT2D eigenvalue weighted by Gasteiger charge is -2.24. The largest absolute Gasteiger partial charge is 0.508 e. The number of halogens is 2. The third-order valence-electron chi connectivity index (χ3n) is 8.42. The molecule has 3 atom stereocenters. The molecule has 2 aromatic heterocycles. The summed E-state index contributed by atoms with van der Waals surface area (Å²) in [6.45, 7) is 2.74. The Morgan fingerprint density at radius 3 is 2.88 bits per heavy atom. The molecule has 41 heavy (non-hydrogen) atoms. The van der Waals surface area contributed by atoms with Gasteiger partial charge in [-0.1, -0.05) is 12.0 Å². The van der Waals surface area contributed by atoms with Crippen LogP contribution in [0, 0.1) is 24.0 Å². The molecular formula is C31H29F2N5O3. The summed E-state index contributed by atoms with van der Waals surface area (Å²) < 4.78 is 43.3. The van der Waals surface area contributed by atoms with Crippen molar-refractivity contribution in [2.45, 2.75) is 43.9 Å². The van der Waals surface area contributed by atoms with Gasteiger partial charge in [-0.05, 0) is 62.9 Å². The van der Waals surface area contributed by atoms with Gasteiger partial charge < -0.3 is 24.4 Å². The number of ether oxygens (including phenoxy) is 2. The summed E-state index contributed by atoms with van der Waals surface area (Å²) in [6.07, 6.45) is 11.1. The number of terminal acetylenes is 1. The highest BCUT2D eigenvalue weighted by molar-refractivity contribution is 6.03. The summed E-state index contributed by atoms with van der Waals surface area (Å²) in [6, 6.07) is 5.98. The van der Waals surface area contributed by atoms with Gasteiger partial charge in [-0.25, -0.2) is 8.78 Å². The number of phenols is 1. The van der Waals surface area contributed by atoms with Crippen molar-refractivity contribution in [3.63, 3.8) is 0 Å². The average molecular weight is 558 g/mol. The minimum absolute atomic E-state index is 0.0313. The number of hydrogen-bond acceptors (Lipinski definition) is 8. The number of hydrogen-bond donors (Lipinski definition) is 1. The molecule has 2 aromatic carbocycles.